The molecule has 0 aromatic heterocycles. The zero-order valence-corrected chi connectivity index (χ0v) is 8.90. The number of ether oxygens (including phenoxy) is 1. The Morgan fingerprint density at radius 2 is 2.36 bits per heavy atom. The van der Waals surface area contributed by atoms with E-state index in [1.807, 2.05) is 0 Å². The molecule has 0 radical (unpaired) electrons. The van der Waals surface area contributed by atoms with Gasteiger partial charge in [0, 0.05) is 25.6 Å². The maximum atomic E-state index is 10.4. The number of carbonyl (C=O) groups is 1. The third kappa shape index (κ3) is 3.64. The Morgan fingerprint density at radius 1 is 1.64 bits per heavy atom. The average molecular weight is 201 g/mol. The van der Waals surface area contributed by atoms with Gasteiger partial charge in [-0.05, 0) is 20.3 Å². The molecule has 1 aliphatic rings. The van der Waals surface area contributed by atoms with Crippen molar-refractivity contribution in [1.82, 2.24) is 4.90 Å². The van der Waals surface area contributed by atoms with Crippen LogP contribution in [0.15, 0.2) is 0 Å². The fraction of sp³-hybridized carbons (Fsp3) is 0.900. The Labute approximate surface area is 84.8 Å². The molecule has 1 rings (SSSR count). The molecule has 1 unspecified atom stereocenters. The molecule has 14 heavy (non-hydrogen) atoms. The highest BCUT2D eigenvalue weighted by atomic mass is 16.5. The highest BCUT2D eigenvalue weighted by Gasteiger charge is 2.22. The van der Waals surface area contributed by atoms with Crippen molar-refractivity contribution in [2.45, 2.75) is 38.8 Å². The Balaban J connectivity index is 2.29. The SMILES string of the molecule is CC(C)N1CCOC(CCC(=O)O)C1. The van der Waals surface area contributed by atoms with Crippen LogP contribution >= 0.6 is 0 Å². The predicted octanol–water partition coefficient (Wildman–Crippen LogP) is 0.960. The molecule has 0 spiro atoms. The summed E-state index contributed by atoms with van der Waals surface area (Å²) in [6.45, 7) is 6.85. The van der Waals surface area contributed by atoms with E-state index >= 15 is 0 Å². The second kappa shape index (κ2) is 5.32. The van der Waals surface area contributed by atoms with Crippen LogP contribution in [0.1, 0.15) is 26.7 Å². The molecular formula is C10H19NO3. The zero-order valence-electron chi connectivity index (χ0n) is 8.90. The first-order valence-electron chi connectivity index (χ1n) is 5.17. The summed E-state index contributed by atoms with van der Waals surface area (Å²) in [6.07, 6.45) is 0.928. The molecule has 0 aromatic rings. The summed E-state index contributed by atoms with van der Waals surface area (Å²) in [7, 11) is 0. The van der Waals surface area contributed by atoms with Crippen molar-refractivity contribution < 1.29 is 14.6 Å². The lowest BCUT2D eigenvalue weighted by Crippen LogP contribution is -2.45. The van der Waals surface area contributed by atoms with Crippen LogP contribution in [0.3, 0.4) is 0 Å². The molecule has 1 heterocycles. The van der Waals surface area contributed by atoms with Crippen molar-refractivity contribution in [3.63, 3.8) is 0 Å². The van der Waals surface area contributed by atoms with Crippen LogP contribution < -0.4 is 0 Å². The molecule has 0 aliphatic carbocycles. The molecule has 4 nitrogen and oxygen atoms in total. The molecule has 0 saturated carbocycles. The van der Waals surface area contributed by atoms with Gasteiger partial charge in [-0.15, -0.1) is 0 Å². The van der Waals surface area contributed by atoms with Crippen molar-refractivity contribution in [2.75, 3.05) is 19.7 Å². The maximum Gasteiger partial charge on any atom is 0.303 e. The smallest absolute Gasteiger partial charge is 0.303 e. The number of aliphatic carboxylic acids is 1. The summed E-state index contributed by atoms with van der Waals surface area (Å²) < 4.78 is 5.50. The lowest BCUT2D eigenvalue weighted by atomic mass is 10.1. The van der Waals surface area contributed by atoms with E-state index in [0.29, 0.717) is 12.5 Å². The van der Waals surface area contributed by atoms with E-state index in [-0.39, 0.29) is 12.5 Å². The molecule has 1 saturated heterocycles. The normalized spacial score (nSPS) is 24.1. The van der Waals surface area contributed by atoms with Gasteiger partial charge in [-0.25, -0.2) is 0 Å². The van der Waals surface area contributed by atoms with Gasteiger partial charge in [-0.3, -0.25) is 9.69 Å². The number of hydrogen-bond donors (Lipinski definition) is 1. The summed E-state index contributed by atoms with van der Waals surface area (Å²) in [5.74, 6) is -0.740. The standard InChI is InChI=1S/C10H19NO3/c1-8(2)11-5-6-14-9(7-11)3-4-10(12)13/h8-9H,3-7H2,1-2H3,(H,12,13). The van der Waals surface area contributed by atoms with Crippen molar-refractivity contribution in [3.8, 4) is 0 Å². The van der Waals surface area contributed by atoms with Crippen LogP contribution in [0.4, 0.5) is 0 Å². The molecule has 0 bridgehead atoms. The topological polar surface area (TPSA) is 49.8 Å². The van der Waals surface area contributed by atoms with Crippen LogP contribution in [0.5, 0.6) is 0 Å². The van der Waals surface area contributed by atoms with E-state index in [1.54, 1.807) is 0 Å². The first kappa shape index (κ1) is 11.5. The first-order chi connectivity index (χ1) is 6.59. The average Bonchev–Trinajstić information content (AvgIpc) is 2.15. The van der Waals surface area contributed by atoms with E-state index in [4.69, 9.17) is 9.84 Å². The molecular weight excluding hydrogens is 182 g/mol. The largest absolute Gasteiger partial charge is 0.481 e. The maximum absolute atomic E-state index is 10.4. The monoisotopic (exact) mass is 201 g/mol. The number of rotatable bonds is 4. The molecule has 4 heteroatoms. The second-order valence-electron chi connectivity index (χ2n) is 4.01. The van der Waals surface area contributed by atoms with Crippen molar-refractivity contribution >= 4 is 5.97 Å². The van der Waals surface area contributed by atoms with Gasteiger partial charge < -0.3 is 9.84 Å². The molecule has 0 aromatic carbocycles. The van der Waals surface area contributed by atoms with Crippen LogP contribution in [0, 0.1) is 0 Å². The first-order valence-corrected chi connectivity index (χ1v) is 5.17. The van der Waals surface area contributed by atoms with E-state index < -0.39 is 5.97 Å². The summed E-state index contributed by atoms with van der Waals surface area (Å²) in [4.78, 5) is 12.7. The molecule has 1 atom stereocenters. The number of carboxylic acids is 1. The summed E-state index contributed by atoms with van der Waals surface area (Å²) in [5.41, 5.74) is 0. The van der Waals surface area contributed by atoms with E-state index in [1.165, 1.54) is 0 Å². The summed E-state index contributed by atoms with van der Waals surface area (Å²) >= 11 is 0. The van der Waals surface area contributed by atoms with Crippen LogP contribution in [0.2, 0.25) is 0 Å². The van der Waals surface area contributed by atoms with Crippen molar-refractivity contribution in [3.05, 3.63) is 0 Å². The number of carboxylic acid groups (broad SMARTS) is 1. The minimum Gasteiger partial charge on any atom is -0.481 e. The number of morpholine rings is 1. The zero-order chi connectivity index (χ0) is 10.6. The van der Waals surface area contributed by atoms with Gasteiger partial charge in [0.1, 0.15) is 0 Å². The van der Waals surface area contributed by atoms with Crippen molar-refractivity contribution in [1.29, 1.82) is 0 Å². The summed E-state index contributed by atoms with van der Waals surface area (Å²) in [5, 5.41) is 8.55. The fourth-order valence-corrected chi connectivity index (χ4v) is 1.67. The van der Waals surface area contributed by atoms with Crippen LogP contribution in [-0.4, -0.2) is 47.8 Å². The highest BCUT2D eigenvalue weighted by Crippen LogP contribution is 2.12. The van der Waals surface area contributed by atoms with E-state index in [2.05, 4.69) is 18.7 Å². The lowest BCUT2D eigenvalue weighted by molar-refractivity contribution is -0.138. The molecule has 82 valence electrons. The van der Waals surface area contributed by atoms with Gasteiger partial charge in [0.05, 0.1) is 12.7 Å². The molecule has 0 amide bonds. The van der Waals surface area contributed by atoms with Crippen LogP contribution in [0.25, 0.3) is 0 Å². The predicted molar refractivity (Wildman–Crippen MR) is 53.3 cm³/mol. The minimum atomic E-state index is -0.740. The van der Waals surface area contributed by atoms with E-state index in [0.717, 1.165) is 19.7 Å². The van der Waals surface area contributed by atoms with Gasteiger partial charge in [0.2, 0.25) is 0 Å². The Kier molecular flexibility index (Phi) is 4.35. The molecule has 1 aliphatic heterocycles. The number of hydrogen-bond acceptors (Lipinski definition) is 3. The second-order valence-corrected chi connectivity index (χ2v) is 4.01. The molecule has 1 fully saturated rings. The minimum absolute atomic E-state index is 0.0993. The Hall–Kier alpha value is -0.610. The van der Waals surface area contributed by atoms with Crippen molar-refractivity contribution in [2.24, 2.45) is 0 Å². The quantitative estimate of drug-likeness (QED) is 0.736. The van der Waals surface area contributed by atoms with Gasteiger partial charge in [-0.1, -0.05) is 0 Å². The lowest BCUT2D eigenvalue weighted by Gasteiger charge is -2.35. The Morgan fingerprint density at radius 3 is 2.93 bits per heavy atom. The van der Waals surface area contributed by atoms with Gasteiger partial charge in [0.25, 0.3) is 0 Å². The van der Waals surface area contributed by atoms with Gasteiger partial charge in [-0.2, -0.15) is 0 Å². The third-order valence-corrected chi connectivity index (χ3v) is 2.58. The highest BCUT2D eigenvalue weighted by molar-refractivity contribution is 5.66. The summed E-state index contributed by atoms with van der Waals surface area (Å²) in [6, 6.07) is 0.520. The van der Waals surface area contributed by atoms with Gasteiger partial charge >= 0.3 is 5.97 Å². The Bertz CT molecular complexity index is 194. The van der Waals surface area contributed by atoms with E-state index in [9.17, 15) is 4.79 Å². The number of nitrogens with zero attached hydrogens (tertiary/aromatic N) is 1. The molecule has 1 N–H and O–H groups in total. The van der Waals surface area contributed by atoms with Crippen LogP contribution in [-0.2, 0) is 9.53 Å². The van der Waals surface area contributed by atoms with Gasteiger partial charge in [0.15, 0.2) is 0 Å². The fourth-order valence-electron chi connectivity index (χ4n) is 1.67. The third-order valence-electron chi connectivity index (χ3n) is 2.58.